The van der Waals surface area contributed by atoms with Crippen LogP contribution in [-0.4, -0.2) is 36.5 Å². The Morgan fingerprint density at radius 2 is 2.26 bits per heavy atom. The summed E-state index contributed by atoms with van der Waals surface area (Å²) in [5.74, 6) is 0.478. The number of hydrogen-bond donors (Lipinski definition) is 2. The highest BCUT2D eigenvalue weighted by molar-refractivity contribution is 9.10. The number of nitrogens with two attached hydrogens (primary N) is 1. The van der Waals surface area contributed by atoms with Crippen molar-refractivity contribution in [1.82, 2.24) is 4.90 Å². The molecule has 19 heavy (non-hydrogen) atoms. The molecular formula is C14H20BrN3O. The van der Waals surface area contributed by atoms with E-state index < -0.39 is 0 Å². The van der Waals surface area contributed by atoms with Gasteiger partial charge in [0.05, 0.1) is 6.54 Å². The van der Waals surface area contributed by atoms with E-state index in [1.54, 1.807) is 0 Å². The first-order chi connectivity index (χ1) is 8.95. The number of carbonyl (C=O) groups excluding carboxylic acids is 1. The van der Waals surface area contributed by atoms with Gasteiger partial charge >= 0.3 is 0 Å². The van der Waals surface area contributed by atoms with Gasteiger partial charge in [-0.3, -0.25) is 9.69 Å². The van der Waals surface area contributed by atoms with Gasteiger partial charge in [0.15, 0.2) is 0 Å². The van der Waals surface area contributed by atoms with Crippen molar-refractivity contribution in [2.24, 2.45) is 11.7 Å². The summed E-state index contributed by atoms with van der Waals surface area (Å²) < 4.78 is 1.05. The zero-order valence-corrected chi connectivity index (χ0v) is 12.9. The molecule has 0 aliphatic carbocycles. The van der Waals surface area contributed by atoms with Crippen LogP contribution in [0.25, 0.3) is 0 Å². The lowest BCUT2D eigenvalue weighted by molar-refractivity contribution is -0.117. The fourth-order valence-electron chi connectivity index (χ4n) is 2.35. The molecule has 1 amide bonds. The van der Waals surface area contributed by atoms with Crippen molar-refractivity contribution in [1.29, 1.82) is 0 Å². The number of rotatable bonds is 3. The number of aryl methyl sites for hydroxylation is 1. The van der Waals surface area contributed by atoms with E-state index in [9.17, 15) is 4.79 Å². The van der Waals surface area contributed by atoms with Crippen molar-refractivity contribution in [3.05, 3.63) is 28.2 Å². The quantitative estimate of drug-likeness (QED) is 0.893. The molecule has 4 nitrogen and oxygen atoms in total. The third-order valence-electron chi connectivity index (χ3n) is 3.56. The van der Waals surface area contributed by atoms with Gasteiger partial charge in [0, 0.05) is 29.3 Å². The number of benzene rings is 1. The predicted molar refractivity (Wildman–Crippen MR) is 81.1 cm³/mol. The summed E-state index contributed by atoms with van der Waals surface area (Å²) in [5, 5.41) is 2.92. The average Bonchev–Trinajstić information content (AvgIpc) is 2.63. The lowest BCUT2D eigenvalue weighted by Gasteiger charge is -2.15. The van der Waals surface area contributed by atoms with Crippen LogP contribution < -0.4 is 11.1 Å². The molecule has 0 aromatic heterocycles. The molecule has 3 N–H and O–H groups in total. The van der Waals surface area contributed by atoms with E-state index in [-0.39, 0.29) is 11.9 Å². The number of anilines is 1. The lowest BCUT2D eigenvalue weighted by atomic mass is 10.1. The highest BCUT2D eigenvalue weighted by Gasteiger charge is 2.27. The van der Waals surface area contributed by atoms with E-state index >= 15 is 0 Å². The van der Waals surface area contributed by atoms with Gasteiger partial charge in [-0.25, -0.2) is 0 Å². The SMILES string of the molecule is Cc1cc(NC(=O)CN2CC(C)C(N)C2)ccc1Br. The summed E-state index contributed by atoms with van der Waals surface area (Å²) in [7, 11) is 0. The molecule has 0 saturated carbocycles. The number of amides is 1. The van der Waals surface area contributed by atoms with E-state index in [1.807, 2.05) is 25.1 Å². The van der Waals surface area contributed by atoms with Gasteiger partial charge in [0.1, 0.15) is 0 Å². The molecule has 5 heteroatoms. The molecule has 1 aromatic rings. The summed E-state index contributed by atoms with van der Waals surface area (Å²) in [5.41, 5.74) is 7.90. The molecule has 1 heterocycles. The Labute approximate surface area is 122 Å². The molecule has 0 radical (unpaired) electrons. The molecule has 2 atom stereocenters. The van der Waals surface area contributed by atoms with E-state index in [2.05, 4.69) is 33.1 Å². The van der Waals surface area contributed by atoms with Crippen molar-refractivity contribution in [3.63, 3.8) is 0 Å². The second-order valence-electron chi connectivity index (χ2n) is 5.35. The van der Waals surface area contributed by atoms with Crippen molar-refractivity contribution in [2.45, 2.75) is 19.9 Å². The van der Waals surface area contributed by atoms with Gasteiger partial charge in [0.25, 0.3) is 0 Å². The second kappa shape index (κ2) is 6.03. The topological polar surface area (TPSA) is 58.4 Å². The lowest BCUT2D eigenvalue weighted by Crippen LogP contribution is -2.33. The first kappa shape index (κ1) is 14.5. The Bertz CT molecular complexity index is 468. The zero-order chi connectivity index (χ0) is 14.0. The summed E-state index contributed by atoms with van der Waals surface area (Å²) in [6.45, 7) is 6.23. The fourth-order valence-corrected chi connectivity index (χ4v) is 2.60. The van der Waals surface area contributed by atoms with Crippen LogP contribution in [0.1, 0.15) is 12.5 Å². The van der Waals surface area contributed by atoms with Crippen LogP contribution in [0.4, 0.5) is 5.69 Å². The molecule has 1 aliphatic rings. The summed E-state index contributed by atoms with van der Waals surface area (Å²) in [6, 6.07) is 5.98. The minimum Gasteiger partial charge on any atom is -0.326 e. The van der Waals surface area contributed by atoms with Crippen LogP contribution in [0.3, 0.4) is 0 Å². The van der Waals surface area contributed by atoms with Gasteiger partial charge < -0.3 is 11.1 Å². The zero-order valence-electron chi connectivity index (χ0n) is 11.3. The number of nitrogens with zero attached hydrogens (tertiary/aromatic N) is 1. The normalized spacial score (nSPS) is 23.6. The standard InChI is InChI=1S/C14H20BrN3O/c1-9-5-11(3-4-12(9)15)17-14(19)8-18-6-10(2)13(16)7-18/h3-5,10,13H,6-8,16H2,1-2H3,(H,17,19). The average molecular weight is 326 g/mol. The molecule has 0 spiro atoms. The van der Waals surface area contributed by atoms with Gasteiger partial charge in [-0.15, -0.1) is 0 Å². The Morgan fingerprint density at radius 3 is 2.84 bits per heavy atom. The molecule has 2 unspecified atom stereocenters. The summed E-state index contributed by atoms with van der Waals surface area (Å²) >= 11 is 3.44. The van der Waals surface area contributed by atoms with Crippen molar-refractivity contribution in [3.8, 4) is 0 Å². The highest BCUT2D eigenvalue weighted by Crippen LogP contribution is 2.20. The van der Waals surface area contributed by atoms with Crippen molar-refractivity contribution < 1.29 is 4.79 Å². The number of carbonyl (C=O) groups is 1. The minimum atomic E-state index is 0.0167. The number of hydrogen-bond acceptors (Lipinski definition) is 3. The maximum Gasteiger partial charge on any atom is 0.238 e. The monoisotopic (exact) mass is 325 g/mol. The third kappa shape index (κ3) is 3.78. The smallest absolute Gasteiger partial charge is 0.238 e. The van der Waals surface area contributed by atoms with Crippen LogP contribution in [0, 0.1) is 12.8 Å². The third-order valence-corrected chi connectivity index (χ3v) is 4.44. The van der Waals surface area contributed by atoms with Gasteiger partial charge in [-0.2, -0.15) is 0 Å². The number of halogens is 1. The Kier molecular flexibility index (Phi) is 4.60. The molecule has 1 fully saturated rings. The van der Waals surface area contributed by atoms with E-state index in [1.165, 1.54) is 0 Å². The first-order valence-corrected chi connectivity index (χ1v) is 7.29. The summed E-state index contributed by atoms with van der Waals surface area (Å²) in [4.78, 5) is 14.1. The maximum atomic E-state index is 12.0. The fraction of sp³-hybridized carbons (Fsp3) is 0.500. The number of likely N-dealkylation sites (tertiary alicyclic amines) is 1. The largest absolute Gasteiger partial charge is 0.326 e. The molecule has 104 valence electrons. The van der Waals surface area contributed by atoms with Crippen LogP contribution in [-0.2, 0) is 4.79 Å². The van der Waals surface area contributed by atoms with Crippen LogP contribution in [0.15, 0.2) is 22.7 Å². The Balaban J connectivity index is 1.89. The summed E-state index contributed by atoms with van der Waals surface area (Å²) in [6.07, 6.45) is 0. The van der Waals surface area contributed by atoms with Crippen LogP contribution in [0.2, 0.25) is 0 Å². The molecule has 1 aromatic carbocycles. The Hall–Kier alpha value is -0.910. The number of nitrogens with one attached hydrogen (secondary N) is 1. The maximum absolute atomic E-state index is 12.0. The Morgan fingerprint density at radius 1 is 1.53 bits per heavy atom. The molecule has 2 rings (SSSR count). The predicted octanol–water partition coefficient (Wildman–Crippen LogP) is 1.98. The molecular weight excluding hydrogens is 306 g/mol. The van der Waals surface area contributed by atoms with Crippen molar-refractivity contribution in [2.75, 3.05) is 25.0 Å². The second-order valence-corrected chi connectivity index (χ2v) is 6.20. The van der Waals surface area contributed by atoms with Gasteiger partial charge in [-0.1, -0.05) is 22.9 Å². The van der Waals surface area contributed by atoms with Gasteiger partial charge in [-0.05, 0) is 36.6 Å². The van der Waals surface area contributed by atoms with Gasteiger partial charge in [0.2, 0.25) is 5.91 Å². The van der Waals surface area contributed by atoms with Crippen LogP contribution >= 0.6 is 15.9 Å². The highest BCUT2D eigenvalue weighted by atomic mass is 79.9. The molecule has 1 saturated heterocycles. The molecule has 0 bridgehead atoms. The van der Waals surface area contributed by atoms with E-state index in [4.69, 9.17) is 5.73 Å². The van der Waals surface area contributed by atoms with E-state index in [0.717, 1.165) is 28.8 Å². The minimum absolute atomic E-state index is 0.0167. The molecule has 1 aliphatic heterocycles. The van der Waals surface area contributed by atoms with E-state index in [0.29, 0.717) is 12.5 Å². The first-order valence-electron chi connectivity index (χ1n) is 6.49. The van der Waals surface area contributed by atoms with Crippen molar-refractivity contribution >= 4 is 27.5 Å². The van der Waals surface area contributed by atoms with Crippen LogP contribution in [0.5, 0.6) is 0 Å².